The molecule has 0 aliphatic rings. The molecule has 0 aliphatic heterocycles. The first-order valence-electron chi connectivity index (χ1n) is 8.90. The van der Waals surface area contributed by atoms with Crippen LogP contribution in [0.4, 0.5) is 8.78 Å². The van der Waals surface area contributed by atoms with Gasteiger partial charge in [-0.2, -0.15) is 5.10 Å². The third-order valence-corrected chi connectivity index (χ3v) is 4.25. The van der Waals surface area contributed by atoms with Crippen LogP contribution in [0.1, 0.15) is 27.8 Å². The summed E-state index contributed by atoms with van der Waals surface area (Å²) in [4.78, 5) is 25.1. The van der Waals surface area contributed by atoms with Crippen LogP contribution in [0.5, 0.6) is 5.75 Å². The second-order valence-electron chi connectivity index (χ2n) is 5.97. The van der Waals surface area contributed by atoms with E-state index in [2.05, 4.69) is 5.10 Å². The van der Waals surface area contributed by atoms with Crippen LogP contribution in [0.15, 0.2) is 42.5 Å². The van der Waals surface area contributed by atoms with E-state index in [1.807, 2.05) is 0 Å². The van der Waals surface area contributed by atoms with Crippen molar-refractivity contribution in [1.82, 2.24) is 9.78 Å². The molecule has 30 heavy (non-hydrogen) atoms. The molecule has 0 fully saturated rings. The van der Waals surface area contributed by atoms with Gasteiger partial charge in [0.2, 0.25) is 0 Å². The summed E-state index contributed by atoms with van der Waals surface area (Å²) in [5.74, 6) is -4.40. The van der Waals surface area contributed by atoms with E-state index in [0.717, 1.165) is 31.0 Å². The molecule has 1 heterocycles. The molecule has 156 valence electrons. The number of para-hydroxylation sites is 1. The normalized spacial score (nSPS) is 10.6. The first-order valence-corrected chi connectivity index (χ1v) is 8.90. The molecule has 0 radical (unpaired) electrons. The minimum absolute atomic E-state index is 0.0209. The zero-order valence-corrected chi connectivity index (χ0v) is 16.4. The van der Waals surface area contributed by atoms with Gasteiger partial charge in [-0.15, -0.1) is 0 Å². The molecule has 1 aromatic heterocycles. The molecule has 0 saturated carbocycles. The Morgan fingerprint density at radius 2 is 1.67 bits per heavy atom. The topological polar surface area (TPSA) is 79.7 Å². The lowest BCUT2D eigenvalue weighted by Crippen LogP contribution is -2.15. The van der Waals surface area contributed by atoms with E-state index >= 15 is 4.39 Å². The van der Waals surface area contributed by atoms with Gasteiger partial charge in [0, 0.05) is 5.56 Å². The van der Waals surface area contributed by atoms with Crippen molar-refractivity contribution in [1.29, 1.82) is 0 Å². The number of nitrogens with zero attached hydrogens (tertiary/aromatic N) is 2. The van der Waals surface area contributed by atoms with Gasteiger partial charge in [0.25, 0.3) is 0 Å². The van der Waals surface area contributed by atoms with Crippen molar-refractivity contribution in [2.24, 2.45) is 0 Å². The number of rotatable bonds is 6. The van der Waals surface area contributed by atoms with E-state index < -0.39 is 29.3 Å². The summed E-state index contributed by atoms with van der Waals surface area (Å²) in [5, 5.41) is 4.28. The average Bonchev–Trinajstić information content (AvgIpc) is 3.16. The van der Waals surface area contributed by atoms with Crippen LogP contribution < -0.4 is 4.74 Å². The van der Waals surface area contributed by atoms with Crippen LogP contribution in [0.2, 0.25) is 0 Å². The standard InChI is InChI=1S/C21H18F2N2O5/c1-4-30-19-14(22)11-10-13(16(19)23)17-15(20(26)28-2)18(21(27)29-3)25(24-17)12-8-6-5-7-9-12/h5-11H,4H2,1-3H3. The molecular formula is C21H18F2N2O5. The fourth-order valence-electron chi connectivity index (χ4n) is 2.94. The fraction of sp³-hybridized carbons (Fsp3) is 0.190. The number of carbonyl (C=O) groups excluding carboxylic acids is 2. The number of hydrogen-bond donors (Lipinski definition) is 0. The summed E-state index contributed by atoms with van der Waals surface area (Å²) in [7, 11) is 2.25. The minimum Gasteiger partial charge on any atom is -0.488 e. The Morgan fingerprint density at radius 1 is 1.00 bits per heavy atom. The summed E-state index contributed by atoms with van der Waals surface area (Å²) >= 11 is 0. The number of esters is 2. The Hall–Kier alpha value is -3.75. The average molecular weight is 416 g/mol. The van der Waals surface area contributed by atoms with Gasteiger partial charge in [-0.05, 0) is 31.2 Å². The zero-order chi connectivity index (χ0) is 21.8. The van der Waals surface area contributed by atoms with Crippen molar-refractivity contribution < 1.29 is 32.6 Å². The quantitative estimate of drug-likeness (QED) is 0.569. The Bertz CT molecular complexity index is 1100. The summed E-state index contributed by atoms with van der Waals surface area (Å²) < 4.78 is 44.9. The van der Waals surface area contributed by atoms with Crippen LogP contribution >= 0.6 is 0 Å². The van der Waals surface area contributed by atoms with Crippen LogP contribution in [0.3, 0.4) is 0 Å². The highest BCUT2D eigenvalue weighted by Crippen LogP contribution is 2.35. The second kappa shape index (κ2) is 8.73. The van der Waals surface area contributed by atoms with E-state index in [1.54, 1.807) is 37.3 Å². The number of benzene rings is 2. The molecule has 0 N–H and O–H groups in total. The Morgan fingerprint density at radius 3 is 2.27 bits per heavy atom. The van der Waals surface area contributed by atoms with Gasteiger partial charge in [0.15, 0.2) is 23.1 Å². The first kappa shape index (κ1) is 21.0. The molecule has 3 rings (SSSR count). The molecular weight excluding hydrogens is 398 g/mol. The highest BCUT2D eigenvalue weighted by molar-refractivity contribution is 6.06. The maximum Gasteiger partial charge on any atom is 0.357 e. The Kier molecular flexibility index (Phi) is 6.10. The van der Waals surface area contributed by atoms with E-state index in [-0.39, 0.29) is 29.1 Å². The van der Waals surface area contributed by atoms with Crippen LogP contribution in [0.25, 0.3) is 16.9 Å². The maximum atomic E-state index is 15.1. The maximum absolute atomic E-state index is 15.1. The largest absolute Gasteiger partial charge is 0.488 e. The molecule has 9 heteroatoms. The lowest BCUT2D eigenvalue weighted by molar-refractivity contribution is 0.0549. The van der Waals surface area contributed by atoms with Gasteiger partial charge >= 0.3 is 11.9 Å². The Balaban J connectivity index is 2.38. The molecule has 0 atom stereocenters. The molecule has 0 amide bonds. The van der Waals surface area contributed by atoms with E-state index in [9.17, 15) is 14.0 Å². The summed E-state index contributed by atoms with van der Waals surface area (Å²) in [6, 6.07) is 10.5. The van der Waals surface area contributed by atoms with Gasteiger partial charge in [-0.1, -0.05) is 18.2 Å². The number of ether oxygens (including phenoxy) is 3. The first-order chi connectivity index (χ1) is 14.4. The van der Waals surface area contributed by atoms with E-state index in [0.29, 0.717) is 5.69 Å². The number of hydrogen-bond acceptors (Lipinski definition) is 6. The SMILES string of the molecule is CCOc1c(F)ccc(-c2nn(-c3ccccc3)c(C(=O)OC)c2C(=O)OC)c1F. The second-order valence-corrected chi connectivity index (χ2v) is 5.97. The van der Waals surface area contributed by atoms with Gasteiger partial charge in [-0.3, -0.25) is 0 Å². The third-order valence-electron chi connectivity index (χ3n) is 4.25. The van der Waals surface area contributed by atoms with Crippen LogP contribution in [0, 0.1) is 11.6 Å². The number of methoxy groups -OCH3 is 2. The monoisotopic (exact) mass is 416 g/mol. The molecule has 0 aliphatic carbocycles. The summed E-state index contributed by atoms with van der Waals surface area (Å²) in [5.41, 5.74) is -0.611. The van der Waals surface area contributed by atoms with Crippen molar-refractivity contribution in [2.45, 2.75) is 6.92 Å². The van der Waals surface area contributed by atoms with Crippen molar-refractivity contribution in [3.63, 3.8) is 0 Å². The molecule has 7 nitrogen and oxygen atoms in total. The van der Waals surface area contributed by atoms with Crippen molar-refractivity contribution in [2.75, 3.05) is 20.8 Å². The van der Waals surface area contributed by atoms with Gasteiger partial charge < -0.3 is 14.2 Å². The predicted molar refractivity (Wildman–Crippen MR) is 103 cm³/mol. The van der Waals surface area contributed by atoms with Crippen molar-refractivity contribution >= 4 is 11.9 Å². The summed E-state index contributed by atoms with van der Waals surface area (Å²) in [6.45, 7) is 1.60. The Labute approximate surface area is 170 Å². The molecule has 0 saturated heterocycles. The van der Waals surface area contributed by atoms with E-state index in [1.165, 1.54) is 0 Å². The smallest absolute Gasteiger partial charge is 0.357 e. The van der Waals surface area contributed by atoms with Crippen LogP contribution in [-0.4, -0.2) is 42.5 Å². The number of halogens is 2. The van der Waals surface area contributed by atoms with E-state index in [4.69, 9.17) is 14.2 Å². The molecule has 0 unspecified atom stereocenters. The number of aromatic nitrogens is 2. The lowest BCUT2D eigenvalue weighted by Gasteiger charge is -2.09. The lowest BCUT2D eigenvalue weighted by atomic mass is 10.0. The highest BCUT2D eigenvalue weighted by Gasteiger charge is 2.33. The van der Waals surface area contributed by atoms with Crippen LogP contribution in [-0.2, 0) is 9.47 Å². The van der Waals surface area contributed by atoms with Gasteiger partial charge in [0.1, 0.15) is 11.3 Å². The van der Waals surface area contributed by atoms with Gasteiger partial charge in [-0.25, -0.2) is 23.1 Å². The minimum atomic E-state index is -1.06. The number of carbonyl (C=O) groups is 2. The van der Waals surface area contributed by atoms with Crippen molar-refractivity contribution in [3.05, 3.63) is 65.4 Å². The third kappa shape index (κ3) is 3.61. The molecule has 0 spiro atoms. The predicted octanol–water partition coefficient (Wildman–Crippen LogP) is 3.79. The molecule has 0 bridgehead atoms. The molecule has 3 aromatic rings. The van der Waals surface area contributed by atoms with Crippen molar-refractivity contribution in [3.8, 4) is 22.7 Å². The molecule has 2 aromatic carbocycles. The zero-order valence-electron chi connectivity index (χ0n) is 16.4. The van der Waals surface area contributed by atoms with Gasteiger partial charge in [0.05, 0.1) is 26.5 Å². The summed E-state index contributed by atoms with van der Waals surface area (Å²) in [6.07, 6.45) is 0. The highest BCUT2D eigenvalue weighted by atomic mass is 19.1. The fourth-order valence-corrected chi connectivity index (χ4v) is 2.94.